The molecule has 0 atom stereocenters. The van der Waals surface area contributed by atoms with Crippen molar-refractivity contribution in [3.05, 3.63) is 56.3 Å². The maximum atomic E-state index is 12.6. The van der Waals surface area contributed by atoms with E-state index in [1.807, 2.05) is 38.1 Å². The molecule has 1 aromatic carbocycles. The molecule has 3 aromatic rings. The molecule has 0 radical (unpaired) electrons. The highest BCUT2D eigenvalue weighted by Crippen LogP contribution is 2.27. The summed E-state index contributed by atoms with van der Waals surface area (Å²) in [5.41, 5.74) is 4.56. The molecule has 0 spiro atoms. The third kappa shape index (κ3) is 3.97. The van der Waals surface area contributed by atoms with Gasteiger partial charge in [-0.3, -0.25) is 9.59 Å². The van der Waals surface area contributed by atoms with Crippen molar-refractivity contribution in [1.29, 1.82) is 0 Å². The summed E-state index contributed by atoms with van der Waals surface area (Å²) in [5, 5.41) is 4.56. The zero-order valence-electron chi connectivity index (χ0n) is 15.5. The highest BCUT2D eigenvalue weighted by molar-refractivity contribution is 8.01. The lowest BCUT2D eigenvalue weighted by molar-refractivity contribution is 0.101. The van der Waals surface area contributed by atoms with Gasteiger partial charge in [-0.1, -0.05) is 41.3 Å². The minimum atomic E-state index is -0.0586. The van der Waals surface area contributed by atoms with Gasteiger partial charge >= 0.3 is 0 Å². The van der Waals surface area contributed by atoms with Gasteiger partial charge in [-0.15, -0.1) is 5.10 Å². The Balaban J connectivity index is 1.79. The number of H-pyrrole nitrogens is 1. The van der Waals surface area contributed by atoms with Crippen molar-refractivity contribution in [2.24, 2.45) is 0 Å². The maximum Gasteiger partial charge on any atom is 0.189 e. The van der Waals surface area contributed by atoms with Crippen LogP contribution in [0, 0.1) is 24.7 Å². The number of aryl methyl sites for hydroxylation is 2. The summed E-state index contributed by atoms with van der Waals surface area (Å²) in [6.45, 7) is 7.13. The molecule has 5 nitrogen and oxygen atoms in total. The molecule has 0 saturated heterocycles. The SMILES string of the molecule is CC(=O)c1c(C)[nH]c(C(=O)CSc2nn(-c3ccccc3C)c(=S)s2)c1C. The predicted octanol–water partition coefficient (Wildman–Crippen LogP) is 5.09. The largest absolute Gasteiger partial charge is 0.355 e. The van der Waals surface area contributed by atoms with Crippen LogP contribution in [0.4, 0.5) is 0 Å². The fourth-order valence-electron chi connectivity index (χ4n) is 3.03. The van der Waals surface area contributed by atoms with Crippen LogP contribution < -0.4 is 0 Å². The van der Waals surface area contributed by atoms with Crippen molar-refractivity contribution in [2.45, 2.75) is 32.0 Å². The van der Waals surface area contributed by atoms with Gasteiger partial charge in [-0.25, -0.2) is 4.68 Å². The Morgan fingerprint density at radius 2 is 1.96 bits per heavy atom. The van der Waals surface area contributed by atoms with Crippen LogP contribution in [-0.4, -0.2) is 32.1 Å². The van der Waals surface area contributed by atoms with Crippen LogP contribution in [0.15, 0.2) is 28.6 Å². The number of hydrogen-bond acceptors (Lipinski definition) is 6. The number of para-hydroxylation sites is 1. The first-order chi connectivity index (χ1) is 12.8. The maximum absolute atomic E-state index is 12.6. The van der Waals surface area contributed by atoms with Crippen molar-refractivity contribution in [3.8, 4) is 5.69 Å². The molecule has 0 amide bonds. The number of nitrogens with one attached hydrogen (secondary N) is 1. The molecular formula is C19H19N3O2S3. The lowest BCUT2D eigenvalue weighted by Gasteiger charge is -2.04. The zero-order valence-corrected chi connectivity index (χ0v) is 17.9. The van der Waals surface area contributed by atoms with E-state index in [-0.39, 0.29) is 17.3 Å². The van der Waals surface area contributed by atoms with Crippen LogP contribution in [-0.2, 0) is 0 Å². The Hall–Kier alpha value is -2.03. The monoisotopic (exact) mass is 417 g/mol. The molecule has 140 valence electrons. The molecule has 0 aliphatic rings. The standard InChI is InChI=1S/C19H19N3O2S3/c1-10-7-5-6-8-14(10)22-19(25)27-18(21-22)26-9-15(24)17-11(2)16(13(4)23)12(3)20-17/h5-8,20H,9H2,1-4H3. The van der Waals surface area contributed by atoms with Crippen LogP contribution in [0.25, 0.3) is 5.69 Å². The molecule has 0 fully saturated rings. The molecule has 3 rings (SSSR count). The highest BCUT2D eigenvalue weighted by Gasteiger charge is 2.20. The highest BCUT2D eigenvalue weighted by atomic mass is 32.2. The molecule has 0 aliphatic carbocycles. The first-order valence-electron chi connectivity index (χ1n) is 8.32. The van der Waals surface area contributed by atoms with E-state index in [1.165, 1.54) is 30.0 Å². The van der Waals surface area contributed by atoms with Gasteiger partial charge in [0.2, 0.25) is 0 Å². The molecule has 2 heterocycles. The van der Waals surface area contributed by atoms with Gasteiger partial charge in [-0.05, 0) is 57.1 Å². The Morgan fingerprint density at radius 1 is 1.26 bits per heavy atom. The summed E-state index contributed by atoms with van der Waals surface area (Å²) in [6.07, 6.45) is 0. The van der Waals surface area contributed by atoms with Crippen molar-refractivity contribution >= 4 is 46.9 Å². The number of ketones is 2. The second kappa shape index (κ2) is 7.92. The number of nitrogens with zero attached hydrogens (tertiary/aromatic N) is 2. The molecule has 27 heavy (non-hydrogen) atoms. The molecule has 0 aliphatic heterocycles. The van der Waals surface area contributed by atoms with Gasteiger partial charge in [0.25, 0.3) is 0 Å². The lowest BCUT2D eigenvalue weighted by atomic mass is 10.1. The number of hydrogen-bond donors (Lipinski definition) is 1. The Bertz CT molecular complexity index is 1090. The second-order valence-corrected chi connectivity index (χ2v) is 9.07. The number of carbonyl (C=O) groups excluding carboxylic acids is 2. The molecule has 0 unspecified atom stereocenters. The lowest BCUT2D eigenvalue weighted by Crippen LogP contribution is -2.05. The summed E-state index contributed by atoms with van der Waals surface area (Å²) in [6, 6.07) is 7.90. The van der Waals surface area contributed by atoms with Crippen LogP contribution in [0.1, 0.15) is 44.6 Å². The number of carbonyl (C=O) groups is 2. The van der Waals surface area contributed by atoms with E-state index >= 15 is 0 Å². The third-order valence-electron chi connectivity index (χ3n) is 4.27. The van der Waals surface area contributed by atoms with Crippen LogP contribution in [0.5, 0.6) is 0 Å². The number of Topliss-reactive ketones (excluding diaryl/α,β-unsaturated/α-hetero) is 2. The second-order valence-electron chi connectivity index (χ2n) is 6.23. The van der Waals surface area contributed by atoms with Gasteiger partial charge in [0.15, 0.2) is 19.9 Å². The van der Waals surface area contributed by atoms with Crippen LogP contribution in [0.2, 0.25) is 0 Å². The van der Waals surface area contributed by atoms with E-state index in [0.717, 1.165) is 21.3 Å². The molecule has 0 bridgehead atoms. The molecular weight excluding hydrogens is 398 g/mol. The zero-order chi connectivity index (χ0) is 19.7. The fourth-order valence-corrected chi connectivity index (χ4v) is 5.25. The molecule has 8 heteroatoms. The number of benzene rings is 1. The van der Waals surface area contributed by atoms with E-state index in [0.29, 0.717) is 20.8 Å². The summed E-state index contributed by atoms with van der Waals surface area (Å²) in [5.74, 6) is 0.133. The van der Waals surface area contributed by atoms with Gasteiger partial charge < -0.3 is 4.98 Å². The van der Waals surface area contributed by atoms with Crippen LogP contribution in [0.3, 0.4) is 0 Å². The topological polar surface area (TPSA) is 67.8 Å². The van der Waals surface area contributed by atoms with Crippen molar-refractivity contribution < 1.29 is 9.59 Å². The first-order valence-corrected chi connectivity index (χ1v) is 10.5. The number of aromatic amines is 1. The van der Waals surface area contributed by atoms with Crippen LogP contribution >= 0.6 is 35.3 Å². The van der Waals surface area contributed by atoms with Crippen molar-refractivity contribution in [2.75, 3.05) is 5.75 Å². The first kappa shape index (κ1) is 19.7. The number of thioether (sulfide) groups is 1. The van der Waals surface area contributed by atoms with E-state index in [4.69, 9.17) is 12.2 Å². The van der Waals surface area contributed by atoms with Gasteiger partial charge in [0.1, 0.15) is 0 Å². The van der Waals surface area contributed by atoms with Gasteiger partial charge in [0, 0.05) is 11.3 Å². The minimum absolute atomic E-state index is 0.0390. The van der Waals surface area contributed by atoms with Gasteiger partial charge in [0.05, 0.1) is 17.1 Å². The third-order valence-corrected chi connectivity index (χ3v) is 6.63. The smallest absolute Gasteiger partial charge is 0.189 e. The van der Waals surface area contributed by atoms with Gasteiger partial charge in [-0.2, -0.15) is 0 Å². The molecule has 0 saturated carbocycles. The number of aromatic nitrogens is 3. The summed E-state index contributed by atoms with van der Waals surface area (Å²) < 4.78 is 3.12. The van der Waals surface area contributed by atoms with E-state index in [9.17, 15) is 9.59 Å². The summed E-state index contributed by atoms with van der Waals surface area (Å²) >= 11 is 8.18. The van der Waals surface area contributed by atoms with Crippen molar-refractivity contribution in [1.82, 2.24) is 14.8 Å². The van der Waals surface area contributed by atoms with E-state index < -0.39 is 0 Å². The fraction of sp³-hybridized carbons (Fsp3) is 0.263. The Morgan fingerprint density at radius 3 is 2.59 bits per heavy atom. The van der Waals surface area contributed by atoms with E-state index in [2.05, 4.69) is 10.1 Å². The Kier molecular flexibility index (Phi) is 5.78. The summed E-state index contributed by atoms with van der Waals surface area (Å²) in [7, 11) is 0. The quantitative estimate of drug-likeness (QED) is 0.344. The average molecular weight is 418 g/mol. The minimum Gasteiger partial charge on any atom is -0.355 e. The summed E-state index contributed by atoms with van der Waals surface area (Å²) in [4.78, 5) is 27.4. The number of rotatable bonds is 6. The normalized spacial score (nSPS) is 11.0. The molecule has 2 aromatic heterocycles. The average Bonchev–Trinajstić information content (AvgIpc) is 3.12. The van der Waals surface area contributed by atoms with E-state index in [1.54, 1.807) is 11.6 Å². The predicted molar refractivity (Wildman–Crippen MR) is 112 cm³/mol. The van der Waals surface area contributed by atoms with Crippen molar-refractivity contribution in [3.63, 3.8) is 0 Å². The Labute approximate surface area is 170 Å². The molecule has 1 N–H and O–H groups in total.